The molecule has 0 aliphatic heterocycles. The molecule has 0 radical (unpaired) electrons. The number of anilines is 2. The second kappa shape index (κ2) is 8.68. The summed E-state index contributed by atoms with van der Waals surface area (Å²) in [4.78, 5) is 12.0. The van der Waals surface area contributed by atoms with Crippen molar-refractivity contribution in [3.8, 4) is 6.07 Å². The van der Waals surface area contributed by atoms with Crippen molar-refractivity contribution in [1.29, 1.82) is 5.26 Å². The minimum absolute atomic E-state index is 0.0859. The molecular formula is C22H25F3N6O2. The number of hydrogen-bond acceptors (Lipinski definition) is 6. The summed E-state index contributed by atoms with van der Waals surface area (Å²) in [5.74, 6) is -0.989. The molecule has 4 rings (SSSR count). The normalized spacial score (nSPS) is 24.2. The van der Waals surface area contributed by atoms with Gasteiger partial charge in [0.1, 0.15) is 5.56 Å². The van der Waals surface area contributed by atoms with Crippen LogP contribution in [0.15, 0.2) is 30.5 Å². The van der Waals surface area contributed by atoms with Crippen molar-refractivity contribution in [3.63, 3.8) is 0 Å². The number of aliphatic hydroxyl groups is 1. The number of nitrogens with zero attached hydrogens (tertiary/aromatic N) is 3. The summed E-state index contributed by atoms with van der Waals surface area (Å²) in [6.07, 6.45) is 0.578. The van der Waals surface area contributed by atoms with Gasteiger partial charge in [-0.05, 0) is 56.4 Å². The maximum absolute atomic E-state index is 12.8. The number of nitrogens with two attached hydrogens (primary N) is 1. The van der Waals surface area contributed by atoms with Gasteiger partial charge in [-0.15, -0.1) is 0 Å². The number of carbonyl (C=O) groups is 1. The fourth-order valence-corrected chi connectivity index (χ4v) is 4.16. The average molecular weight is 462 g/mol. The van der Waals surface area contributed by atoms with E-state index in [9.17, 15) is 28.3 Å². The Balaban J connectivity index is 1.49. The highest BCUT2D eigenvalue weighted by molar-refractivity contribution is 5.98. The molecule has 11 heteroatoms. The van der Waals surface area contributed by atoms with Crippen LogP contribution in [0.1, 0.15) is 54.1 Å². The number of hydrogen-bond donors (Lipinski definition) is 4. The Labute approximate surface area is 188 Å². The number of carbonyl (C=O) groups excluding carboxylic acids is 1. The topological polar surface area (TPSA) is 129 Å². The van der Waals surface area contributed by atoms with Crippen molar-refractivity contribution in [2.75, 3.05) is 11.9 Å². The van der Waals surface area contributed by atoms with E-state index < -0.39 is 23.2 Å². The van der Waals surface area contributed by atoms with Gasteiger partial charge >= 0.3 is 6.18 Å². The zero-order chi connectivity index (χ0) is 23.8. The highest BCUT2D eigenvalue weighted by Gasteiger charge is 2.41. The molecule has 1 aromatic heterocycles. The number of alkyl halides is 3. The van der Waals surface area contributed by atoms with Crippen LogP contribution >= 0.6 is 0 Å². The van der Waals surface area contributed by atoms with E-state index in [1.807, 2.05) is 0 Å². The Bertz CT molecular complexity index is 1060. The van der Waals surface area contributed by atoms with Crippen LogP contribution in [0.5, 0.6) is 0 Å². The fraction of sp³-hybridized carbons (Fsp3) is 0.500. The van der Waals surface area contributed by atoms with Gasteiger partial charge < -0.3 is 21.5 Å². The molecule has 1 heterocycles. The molecule has 0 spiro atoms. The molecule has 2 aliphatic rings. The minimum atomic E-state index is -4.45. The zero-order valence-corrected chi connectivity index (χ0v) is 17.8. The van der Waals surface area contributed by atoms with Crippen molar-refractivity contribution >= 4 is 17.4 Å². The lowest BCUT2D eigenvalue weighted by Crippen LogP contribution is -2.42. The number of halogens is 3. The van der Waals surface area contributed by atoms with Crippen molar-refractivity contribution in [2.24, 2.45) is 11.7 Å². The second-order valence-electron chi connectivity index (χ2n) is 8.85. The lowest BCUT2D eigenvalue weighted by Gasteiger charge is -2.33. The van der Waals surface area contributed by atoms with Gasteiger partial charge in [0.15, 0.2) is 5.82 Å². The maximum Gasteiger partial charge on any atom is 0.416 e. The summed E-state index contributed by atoms with van der Waals surface area (Å²) < 4.78 is 39.9. The number of primary amides is 1. The van der Waals surface area contributed by atoms with Crippen LogP contribution in [-0.4, -0.2) is 39.0 Å². The molecule has 8 nitrogen and oxygen atoms in total. The Morgan fingerprint density at radius 2 is 2.00 bits per heavy atom. The van der Waals surface area contributed by atoms with Gasteiger partial charge in [0.25, 0.3) is 5.91 Å². The summed E-state index contributed by atoms with van der Waals surface area (Å²) in [5.41, 5.74) is 4.49. The zero-order valence-electron chi connectivity index (χ0n) is 17.8. The first-order valence-corrected chi connectivity index (χ1v) is 10.8. The van der Waals surface area contributed by atoms with Crippen LogP contribution in [0.25, 0.3) is 0 Å². The third kappa shape index (κ3) is 5.29. The van der Waals surface area contributed by atoms with Gasteiger partial charge in [0.05, 0.1) is 29.2 Å². The molecular weight excluding hydrogens is 437 g/mol. The summed E-state index contributed by atoms with van der Waals surface area (Å²) in [6, 6.07) is 6.50. The number of amides is 1. The Hall–Kier alpha value is -3.10. The fourth-order valence-electron chi connectivity index (χ4n) is 4.16. The summed E-state index contributed by atoms with van der Waals surface area (Å²) in [7, 11) is 0. The lowest BCUT2D eigenvalue weighted by atomic mass is 9.82. The predicted octanol–water partition coefficient (Wildman–Crippen LogP) is 3.09. The first kappa shape index (κ1) is 23.1. The Morgan fingerprint density at radius 1 is 1.30 bits per heavy atom. The van der Waals surface area contributed by atoms with Gasteiger partial charge in [-0.2, -0.15) is 23.5 Å². The van der Waals surface area contributed by atoms with E-state index in [1.165, 1.54) is 18.3 Å². The number of benzene rings is 1. The molecule has 0 bridgehead atoms. The van der Waals surface area contributed by atoms with Crippen LogP contribution in [0.2, 0.25) is 0 Å². The van der Waals surface area contributed by atoms with Gasteiger partial charge in [0.2, 0.25) is 0 Å². The van der Waals surface area contributed by atoms with E-state index in [4.69, 9.17) is 5.73 Å². The third-order valence-corrected chi connectivity index (χ3v) is 6.34. The first-order valence-electron chi connectivity index (χ1n) is 10.8. The molecule has 5 N–H and O–H groups in total. The SMILES string of the molecule is N#CC1CC(NCC2(O)CC2)CCC1n1cc(C(N)=O)c(Nc2ccc(C(F)(F)F)cc2)n1. The number of aromatic nitrogens is 2. The Morgan fingerprint density at radius 3 is 2.58 bits per heavy atom. The molecule has 2 saturated carbocycles. The predicted molar refractivity (Wildman–Crippen MR) is 113 cm³/mol. The van der Waals surface area contributed by atoms with E-state index >= 15 is 0 Å². The van der Waals surface area contributed by atoms with Gasteiger partial charge in [0, 0.05) is 24.5 Å². The molecule has 2 aromatic rings. The molecule has 1 amide bonds. The smallest absolute Gasteiger partial charge is 0.389 e. The van der Waals surface area contributed by atoms with Gasteiger partial charge in [-0.1, -0.05) is 0 Å². The standard InChI is InChI=1S/C22H25F3N6O2/c23-22(24,25)14-1-3-15(4-2-14)29-20-17(19(27)32)11-31(30-20)18-6-5-16(9-13(18)10-26)28-12-21(33)7-8-21/h1-4,11,13,16,18,28,33H,5-9,12H2,(H2,27,32)(H,29,30). The van der Waals surface area contributed by atoms with Crippen LogP contribution in [-0.2, 0) is 6.18 Å². The van der Waals surface area contributed by atoms with E-state index in [0.29, 0.717) is 25.1 Å². The second-order valence-corrected chi connectivity index (χ2v) is 8.85. The van der Waals surface area contributed by atoms with Crippen molar-refractivity contribution < 1.29 is 23.1 Å². The Kier molecular flexibility index (Phi) is 6.07. The first-order chi connectivity index (χ1) is 15.6. The van der Waals surface area contributed by atoms with Crippen LogP contribution in [0.4, 0.5) is 24.7 Å². The van der Waals surface area contributed by atoms with E-state index in [1.54, 1.807) is 4.68 Å². The van der Waals surface area contributed by atoms with Crippen molar-refractivity contribution in [2.45, 2.75) is 56.0 Å². The summed E-state index contributed by atoms with van der Waals surface area (Å²) in [6.45, 7) is 0.509. The quantitative estimate of drug-likeness (QED) is 0.501. The van der Waals surface area contributed by atoms with Crippen LogP contribution in [0.3, 0.4) is 0 Å². The molecule has 33 heavy (non-hydrogen) atoms. The van der Waals surface area contributed by atoms with Gasteiger partial charge in [-0.3, -0.25) is 9.48 Å². The maximum atomic E-state index is 12.8. The molecule has 2 fully saturated rings. The third-order valence-electron chi connectivity index (χ3n) is 6.34. The van der Waals surface area contributed by atoms with E-state index in [0.717, 1.165) is 31.4 Å². The molecule has 1 aromatic carbocycles. The summed E-state index contributed by atoms with van der Waals surface area (Å²) >= 11 is 0. The number of rotatable bonds is 7. The minimum Gasteiger partial charge on any atom is -0.389 e. The average Bonchev–Trinajstić information content (AvgIpc) is 3.36. The molecule has 0 saturated heterocycles. The monoisotopic (exact) mass is 462 g/mol. The van der Waals surface area contributed by atoms with E-state index in [-0.39, 0.29) is 29.4 Å². The number of nitrogens with one attached hydrogen (secondary N) is 2. The van der Waals surface area contributed by atoms with Crippen molar-refractivity contribution in [1.82, 2.24) is 15.1 Å². The van der Waals surface area contributed by atoms with Crippen LogP contribution in [0, 0.1) is 17.2 Å². The molecule has 2 aliphatic carbocycles. The highest BCUT2D eigenvalue weighted by atomic mass is 19.4. The van der Waals surface area contributed by atoms with E-state index in [2.05, 4.69) is 21.8 Å². The van der Waals surface area contributed by atoms with Gasteiger partial charge in [-0.25, -0.2) is 0 Å². The lowest BCUT2D eigenvalue weighted by molar-refractivity contribution is -0.137. The number of nitriles is 1. The van der Waals surface area contributed by atoms with Crippen LogP contribution < -0.4 is 16.4 Å². The van der Waals surface area contributed by atoms with Crippen molar-refractivity contribution in [3.05, 3.63) is 41.6 Å². The molecule has 3 atom stereocenters. The molecule has 3 unspecified atom stereocenters. The largest absolute Gasteiger partial charge is 0.416 e. The highest BCUT2D eigenvalue weighted by Crippen LogP contribution is 2.37. The molecule has 176 valence electrons. The summed E-state index contributed by atoms with van der Waals surface area (Å²) in [5, 5.41) is 30.4.